The predicted molar refractivity (Wildman–Crippen MR) is 124 cm³/mol. The Balaban J connectivity index is 4.28. The maximum absolute atomic E-state index is 6.15. The molecule has 166 valence electrons. The summed E-state index contributed by atoms with van der Waals surface area (Å²) in [5.41, 5.74) is 0.407. The van der Waals surface area contributed by atoms with Gasteiger partial charge >= 0.3 is 0 Å². The van der Waals surface area contributed by atoms with E-state index in [1.165, 1.54) is 12.8 Å². The van der Waals surface area contributed by atoms with Gasteiger partial charge in [-0.2, -0.15) is 0 Å². The quantitative estimate of drug-likeness (QED) is 0.288. The Kier molecular flexibility index (Phi) is 10.4. The normalized spacial score (nSPS) is 15.0. The molecule has 0 amide bonds. The van der Waals surface area contributed by atoms with Crippen molar-refractivity contribution in [3.63, 3.8) is 0 Å². The van der Waals surface area contributed by atoms with Gasteiger partial charge in [-0.15, -0.1) is 0 Å². The molecule has 0 aliphatic carbocycles. The Hall–Kier alpha value is -0.920. The van der Waals surface area contributed by atoms with Gasteiger partial charge in [0.1, 0.15) is 0 Å². The van der Waals surface area contributed by atoms with Crippen LogP contribution in [0, 0.1) is 21.7 Å². The molecule has 2 nitrogen and oxygen atoms in total. The third-order valence-electron chi connectivity index (χ3n) is 4.16. The predicted octanol–water partition coefficient (Wildman–Crippen LogP) is 8.53. The van der Waals surface area contributed by atoms with Crippen LogP contribution in [0.2, 0.25) is 0 Å². The molecule has 0 aliphatic rings. The van der Waals surface area contributed by atoms with Crippen LogP contribution in [0.5, 0.6) is 0 Å². The van der Waals surface area contributed by atoms with Crippen molar-refractivity contribution in [3.8, 4) is 0 Å². The Morgan fingerprint density at radius 1 is 0.500 bits per heavy atom. The van der Waals surface area contributed by atoms with Crippen LogP contribution in [-0.4, -0.2) is 13.2 Å². The number of unbranched alkanes of at least 4 members (excludes halogenated alkanes) is 3. The van der Waals surface area contributed by atoms with E-state index in [0.29, 0.717) is 0 Å². The molecule has 2 heteroatoms. The van der Waals surface area contributed by atoms with Gasteiger partial charge in [-0.3, -0.25) is 0 Å². The molecule has 0 spiro atoms. The molecule has 0 fully saturated rings. The van der Waals surface area contributed by atoms with E-state index in [9.17, 15) is 0 Å². The minimum Gasteiger partial charge on any atom is -0.498 e. The molecule has 0 saturated carbocycles. The summed E-state index contributed by atoms with van der Waals surface area (Å²) in [5, 5.41) is 0. The molecule has 0 N–H and O–H groups in total. The Morgan fingerprint density at radius 3 is 1.00 bits per heavy atom. The van der Waals surface area contributed by atoms with Gasteiger partial charge in [0.2, 0.25) is 0 Å². The summed E-state index contributed by atoms with van der Waals surface area (Å²) >= 11 is 0. The maximum Gasteiger partial charge on any atom is 0.0978 e. The van der Waals surface area contributed by atoms with Crippen molar-refractivity contribution in [1.29, 1.82) is 0 Å². The van der Waals surface area contributed by atoms with Crippen molar-refractivity contribution in [1.82, 2.24) is 0 Å². The second kappa shape index (κ2) is 10.7. The number of hydrogen-bond donors (Lipinski definition) is 0. The van der Waals surface area contributed by atoms with Crippen LogP contribution in [0.4, 0.5) is 0 Å². The summed E-state index contributed by atoms with van der Waals surface area (Å²) in [6, 6.07) is 0. The summed E-state index contributed by atoms with van der Waals surface area (Å²) in [7, 11) is 0. The van der Waals surface area contributed by atoms with Crippen LogP contribution >= 0.6 is 0 Å². The van der Waals surface area contributed by atoms with Crippen LogP contribution in [-0.2, 0) is 9.47 Å². The van der Waals surface area contributed by atoms with E-state index in [1.807, 2.05) is 0 Å². The molecule has 0 aliphatic heterocycles. The van der Waals surface area contributed by atoms with Crippen molar-refractivity contribution in [2.24, 2.45) is 21.7 Å². The van der Waals surface area contributed by atoms with Crippen molar-refractivity contribution in [2.45, 2.75) is 109 Å². The molecule has 0 heterocycles. The monoisotopic (exact) mass is 394 g/mol. The van der Waals surface area contributed by atoms with E-state index in [0.717, 1.165) is 37.6 Å². The number of ether oxygens (including phenoxy) is 2. The molecule has 0 unspecified atom stereocenters. The van der Waals surface area contributed by atoms with Crippen molar-refractivity contribution in [3.05, 3.63) is 23.7 Å². The van der Waals surface area contributed by atoms with Gasteiger partial charge in [-0.1, -0.05) is 83.1 Å². The third kappa shape index (κ3) is 14.1. The molecular weight excluding hydrogens is 344 g/mol. The molecule has 0 aromatic carbocycles. The smallest absolute Gasteiger partial charge is 0.0978 e. The fourth-order valence-electron chi connectivity index (χ4n) is 2.66. The fourth-order valence-corrected chi connectivity index (χ4v) is 2.66. The van der Waals surface area contributed by atoms with Crippen LogP contribution in [0.15, 0.2) is 23.7 Å². The zero-order chi connectivity index (χ0) is 22.2. The Morgan fingerprint density at radius 2 is 0.786 bits per heavy atom. The summed E-state index contributed by atoms with van der Waals surface area (Å²) in [5.74, 6) is 2.23. The maximum atomic E-state index is 6.15. The second-order valence-corrected chi connectivity index (χ2v) is 12.4. The van der Waals surface area contributed by atoms with E-state index >= 15 is 0 Å². The molecule has 0 rings (SSSR count). The Labute approximate surface area is 177 Å². The summed E-state index contributed by atoms with van der Waals surface area (Å²) in [6.45, 7) is 28.3. The van der Waals surface area contributed by atoms with E-state index in [4.69, 9.17) is 9.47 Å². The van der Waals surface area contributed by atoms with Gasteiger partial charge in [0.15, 0.2) is 0 Å². The topological polar surface area (TPSA) is 18.5 Å². The lowest BCUT2D eigenvalue weighted by atomic mass is 9.87. The third-order valence-corrected chi connectivity index (χ3v) is 4.16. The largest absolute Gasteiger partial charge is 0.498 e. The van der Waals surface area contributed by atoms with Crippen LogP contribution in [0.1, 0.15) is 109 Å². The highest BCUT2D eigenvalue weighted by Crippen LogP contribution is 2.32. The first-order valence-corrected chi connectivity index (χ1v) is 11.1. The Bertz CT molecular complexity index is 449. The van der Waals surface area contributed by atoms with Gasteiger partial charge in [-0.05, 0) is 48.7 Å². The molecule has 0 atom stereocenters. The molecule has 0 bridgehead atoms. The van der Waals surface area contributed by atoms with Crippen LogP contribution in [0.25, 0.3) is 0 Å². The molecule has 28 heavy (non-hydrogen) atoms. The number of hydrogen-bond acceptors (Lipinski definition) is 2. The average molecular weight is 395 g/mol. The summed E-state index contributed by atoms with van der Waals surface area (Å²) in [4.78, 5) is 0. The number of rotatable bonds is 9. The zero-order valence-corrected chi connectivity index (χ0v) is 21.2. The second-order valence-electron chi connectivity index (χ2n) is 12.4. The number of allylic oxidation sites excluding steroid dienone is 4. The van der Waals surface area contributed by atoms with Gasteiger partial charge in [0.25, 0.3) is 0 Å². The summed E-state index contributed by atoms with van der Waals surface area (Å²) < 4.78 is 12.3. The highest BCUT2D eigenvalue weighted by molar-refractivity contribution is 5.08. The lowest BCUT2D eigenvalue weighted by Gasteiger charge is -2.27. The fraction of sp³-hybridized carbons (Fsp3) is 0.846. The highest BCUT2D eigenvalue weighted by atomic mass is 16.5. The van der Waals surface area contributed by atoms with E-state index in [2.05, 4.69) is 95.2 Å². The van der Waals surface area contributed by atoms with Gasteiger partial charge in [0, 0.05) is 10.8 Å². The molecular formula is C26H50O2. The van der Waals surface area contributed by atoms with Gasteiger partial charge in [-0.25, -0.2) is 0 Å². The van der Waals surface area contributed by atoms with Crippen molar-refractivity contribution in [2.75, 3.05) is 13.2 Å². The first kappa shape index (κ1) is 27.1. The first-order valence-electron chi connectivity index (χ1n) is 11.1. The minimum absolute atomic E-state index is 0.0594. The van der Waals surface area contributed by atoms with Crippen molar-refractivity contribution < 1.29 is 9.47 Å². The van der Waals surface area contributed by atoms with E-state index in [1.54, 1.807) is 0 Å². The lowest BCUT2D eigenvalue weighted by molar-refractivity contribution is 0.134. The molecule has 0 radical (unpaired) electrons. The first-order chi connectivity index (χ1) is 12.4. The lowest BCUT2D eigenvalue weighted by Crippen LogP contribution is -2.17. The van der Waals surface area contributed by atoms with Gasteiger partial charge in [0.05, 0.1) is 24.7 Å². The molecule has 0 aromatic heterocycles. The van der Waals surface area contributed by atoms with E-state index < -0.39 is 0 Å². The highest BCUT2D eigenvalue weighted by Gasteiger charge is 2.22. The van der Waals surface area contributed by atoms with Crippen molar-refractivity contribution >= 4 is 0 Å². The SMILES string of the molecule is CC(C)(C)C=C(OCCCCCCOC(=CC(C)(C)C)C(C)(C)C)C(C)(C)C. The average Bonchev–Trinajstić information content (AvgIpc) is 2.42. The zero-order valence-electron chi connectivity index (χ0n) is 21.2. The minimum atomic E-state index is 0.0594. The standard InChI is InChI=1S/C26H50O2/c1-23(2,3)19-21(25(7,8)9)27-17-15-13-14-16-18-28-22(26(10,11)12)20-24(4,5)6/h19-20H,13-18H2,1-12H3. The molecule has 0 saturated heterocycles. The molecule has 0 aromatic rings. The summed E-state index contributed by atoms with van der Waals surface area (Å²) in [6.07, 6.45) is 9.12. The van der Waals surface area contributed by atoms with E-state index in [-0.39, 0.29) is 21.7 Å². The van der Waals surface area contributed by atoms with Gasteiger partial charge < -0.3 is 9.47 Å². The van der Waals surface area contributed by atoms with Crippen LogP contribution < -0.4 is 0 Å². The van der Waals surface area contributed by atoms with Crippen LogP contribution in [0.3, 0.4) is 0 Å².